The molecule has 0 fully saturated rings. The molecule has 32 heavy (non-hydrogen) atoms. The van der Waals surface area contributed by atoms with Crippen molar-refractivity contribution in [2.24, 2.45) is 0 Å². The summed E-state index contributed by atoms with van der Waals surface area (Å²) in [5.74, 6) is -4.05. The van der Waals surface area contributed by atoms with E-state index in [9.17, 15) is 35.9 Å². The van der Waals surface area contributed by atoms with Crippen molar-refractivity contribution in [2.45, 2.75) is 18.2 Å². The fourth-order valence-electron chi connectivity index (χ4n) is 2.57. The summed E-state index contributed by atoms with van der Waals surface area (Å²) in [4.78, 5) is 24.9. The van der Waals surface area contributed by atoms with Gasteiger partial charge in [0.2, 0.25) is 0 Å². The van der Waals surface area contributed by atoms with Crippen molar-refractivity contribution in [3.05, 3.63) is 54.1 Å². The third-order valence-corrected chi connectivity index (χ3v) is 3.99. The number of anilines is 1. The molecule has 0 saturated carbocycles. The van der Waals surface area contributed by atoms with E-state index in [0.717, 1.165) is 30.3 Å². The number of amides is 1. The van der Waals surface area contributed by atoms with E-state index in [1.54, 1.807) is 10.6 Å². The minimum Gasteiger partial charge on any atom is -0.496 e. The van der Waals surface area contributed by atoms with E-state index in [1.807, 2.05) is 0 Å². The minimum atomic E-state index is -5.45. The average molecular weight is 466 g/mol. The molecule has 2 N–H and O–H groups in total. The van der Waals surface area contributed by atoms with E-state index in [4.69, 9.17) is 4.74 Å². The zero-order chi connectivity index (χ0) is 24.2. The number of alkyl halides is 6. The first-order valence-electron chi connectivity index (χ1n) is 8.57. The zero-order valence-electron chi connectivity index (χ0n) is 16.4. The molecule has 0 heterocycles. The molecule has 13 heteroatoms. The SMILES string of the molecule is COC(=O)[C@@](NC(=O)c1ccccc1OC)(Nc1ccc(OC(F)(F)F)cc1)C(F)(F)F. The molecule has 2 rings (SSSR count). The molecule has 1 atom stereocenters. The molecule has 0 aliphatic rings. The van der Waals surface area contributed by atoms with Gasteiger partial charge in [-0.05, 0) is 36.4 Å². The summed E-state index contributed by atoms with van der Waals surface area (Å²) in [6.07, 6.45) is -10.5. The number of methoxy groups -OCH3 is 2. The monoisotopic (exact) mass is 466 g/mol. The molecule has 0 aliphatic heterocycles. The van der Waals surface area contributed by atoms with Crippen molar-refractivity contribution in [1.82, 2.24) is 5.32 Å². The first kappa shape index (κ1) is 24.6. The van der Waals surface area contributed by atoms with E-state index < -0.39 is 41.5 Å². The van der Waals surface area contributed by atoms with Crippen LogP contribution in [0.3, 0.4) is 0 Å². The van der Waals surface area contributed by atoms with E-state index in [1.165, 1.54) is 25.3 Å². The molecule has 2 aromatic rings. The van der Waals surface area contributed by atoms with Crippen LogP contribution in [0, 0.1) is 0 Å². The van der Waals surface area contributed by atoms with E-state index in [2.05, 4.69) is 9.47 Å². The molecule has 0 unspecified atom stereocenters. The lowest BCUT2D eigenvalue weighted by atomic mass is 10.1. The van der Waals surface area contributed by atoms with Crippen LogP contribution in [0.25, 0.3) is 0 Å². The smallest absolute Gasteiger partial charge is 0.496 e. The van der Waals surface area contributed by atoms with Gasteiger partial charge >= 0.3 is 24.2 Å². The lowest BCUT2D eigenvalue weighted by molar-refractivity contribution is -0.274. The van der Waals surface area contributed by atoms with E-state index in [-0.39, 0.29) is 11.3 Å². The fraction of sp³-hybridized carbons (Fsp3) is 0.263. The van der Waals surface area contributed by atoms with Crippen LogP contribution in [0.15, 0.2) is 48.5 Å². The van der Waals surface area contributed by atoms with Crippen molar-refractivity contribution in [3.8, 4) is 11.5 Å². The summed E-state index contributed by atoms with van der Waals surface area (Å²) in [6.45, 7) is 0. The summed E-state index contributed by atoms with van der Waals surface area (Å²) in [5.41, 5.74) is -4.57. The van der Waals surface area contributed by atoms with Gasteiger partial charge < -0.3 is 24.8 Å². The highest BCUT2D eigenvalue weighted by molar-refractivity contribution is 6.01. The van der Waals surface area contributed by atoms with Crippen LogP contribution in [0.4, 0.5) is 32.0 Å². The second kappa shape index (κ2) is 9.24. The highest BCUT2D eigenvalue weighted by Gasteiger charge is 2.63. The Hall–Kier alpha value is -3.64. The number of rotatable bonds is 7. The molecule has 0 bridgehead atoms. The maximum absolute atomic E-state index is 14.1. The van der Waals surface area contributed by atoms with Gasteiger partial charge in [-0.15, -0.1) is 13.2 Å². The van der Waals surface area contributed by atoms with Gasteiger partial charge in [0.25, 0.3) is 5.91 Å². The lowest BCUT2D eigenvalue weighted by Gasteiger charge is -2.35. The second-order valence-corrected chi connectivity index (χ2v) is 6.09. The topological polar surface area (TPSA) is 85.9 Å². The number of ether oxygens (including phenoxy) is 3. The van der Waals surface area contributed by atoms with Crippen LogP contribution in [-0.4, -0.2) is 44.3 Å². The van der Waals surface area contributed by atoms with Gasteiger partial charge in [-0.1, -0.05) is 12.1 Å². The van der Waals surface area contributed by atoms with Gasteiger partial charge in [0.15, 0.2) is 0 Å². The molecular weight excluding hydrogens is 450 g/mol. The predicted octanol–water partition coefficient (Wildman–Crippen LogP) is 3.87. The Kier molecular flexibility index (Phi) is 7.11. The minimum absolute atomic E-state index is 0.0698. The molecule has 0 aromatic heterocycles. The van der Waals surface area contributed by atoms with Crippen molar-refractivity contribution < 1.29 is 50.1 Å². The number of benzene rings is 2. The molecule has 2 aromatic carbocycles. The van der Waals surface area contributed by atoms with Crippen LogP contribution < -0.4 is 20.1 Å². The van der Waals surface area contributed by atoms with Crippen LogP contribution in [0.2, 0.25) is 0 Å². The number of esters is 1. The summed E-state index contributed by atoms with van der Waals surface area (Å²) in [5, 5.41) is 3.37. The Morgan fingerprint density at radius 1 is 0.875 bits per heavy atom. The Bertz CT molecular complexity index is 962. The molecule has 174 valence electrons. The number of halogens is 6. The van der Waals surface area contributed by atoms with Gasteiger partial charge in [0.05, 0.1) is 19.8 Å². The number of para-hydroxylation sites is 1. The van der Waals surface area contributed by atoms with Gasteiger partial charge in [-0.2, -0.15) is 13.2 Å². The summed E-state index contributed by atoms with van der Waals surface area (Å²) in [7, 11) is 1.85. The maximum atomic E-state index is 14.1. The van der Waals surface area contributed by atoms with Crippen molar-refractivity contribution in [1.29, 1.82) is 0 Å². The van der Waals surface area contributed by atoms with Gasteiger partial charge in [0, 0.05) is 5.69 Å². The Balaban J connectivity index is 2.46. The number of nitrogens with one attached hydrogen (secondary N) is 2. The van der Waals surface area contributed by atoms with Crippen LogP contribution >= 0.6 is 0 Å². The normalized spacial score (nSPS) is 13.5. The van der Waals surface area contributed by atoms with E-state index >= 15 is 0 Å². The highest BCUT2D eigenvalue weighted by Crippen LogP contribution is 2.34. The molecule has 1 amide bonds. The lowest BCUT2D eigenvalue weighted by Crippen LogP contribution is -2.69. The van der Waals surface area contributed by atoms with Crippen LogP contribution in [-0.2, 0) is 9.53 Å². The third-order valence-electron chi connectivity index (χ3n) is 3.99. The first-order chi connectivity index (χ1) is 14.8. The predicted molar refractivity (Wildman–Crippen MR) is 98.0 cm³/mol. The highest BCUT2D eigenvalue weighted by atomic mass is 19.4. The van der Waals surface area contributed by atoms with Crippen molar-refractivity contribution in [3.63, 3.8) is 0 Å². The molecule has 0 spiro atoms. The quantitative estimate of drug-likeness (QED) is 0.366. The molecule has 7 nitrogen and oxygen atoms in total. The Morgan fingerprint density at radius 2 is 1.47 bits per heavy atom. The van der Waals surface area contributed by atoms with Crippen LogP contribution in [0.1, 0.15) is 10.4 Å². The standard InChI is InChI=1S/C19H16F6N2O5/c1-30-14-6-4-3-5-13(14)15(28)27-17(16(29)31-2,18(20,21)22)26-11-7-9-12(10-8-11)32-19(23,24)25/h3-10,26H,1-2H3,(H,27,28)/t17-/m0/s1. The molecule has 0 aliphatic carbocycles. The summed E-state index contributed by atoms with van der Waals surface area (Å²) >= 11 is 0. The average Bonchev–Trinajstić information content (AvgIpc) is 2.71. The summed E-state index contributed by atoms with van der Waals surface area (Å²) < 4.78 is 91.9. The van der Waals surface area contributed by atoms with E-state index in [0.29, 0.717) is 7.11 Å². The number of carbonyl (C=O) groups excluding carboxylic acids is 2. The number of hydrogen-bond acceptors (Lipinski definition) is 6. The number of hydrogen-bond donors (Lipinski definition) is 2. The maximum Gasteiger partial charge on any atom is 0.573 e. The number of carbonyl (C=O) groups is 2. The molecule has 0 saturated heterocycles. The van der Waals surface area contributed by atoms with Crippen LogP contribution in [0.5, 0.6) is 11.5 Å². The van der Waals surface area contributed by atoms with Gasteiger partial charge in [-0.25, -0.2) is 4.79 Å². The van der Waals surface area contributed by atoms with Crippen molar-refractivity contribution >= 4 is 17.6 Å². The molecule has 0 radical (unpaired) electrons. The Labute approximate surface area is 177 Å². The third kappa shape index (κ3) is 5.53. The fourth-order valence-corrected chi connectivity index (χ4v) is 2.57. The first-order valence-corrected chi connectivity index (χ1v) is 8.57. The van der Waals surface area contributed by atoms with Gasteiger partial charge in [0.1, 0.15) is 11.5 Å². The van der Waals surface area contributed by atoms with Crippen molar-refractivity contribution in [2.75, 3.05) is 19.5 Å². The largest absolute Gasteiger partial charge is 0.573 e. The second-order valence-electron chi connectivity index (χ2n) is 6.09. The molecular formula is C19H16F6N2O5. The summed E-state index contributed by atoms with van der Waals surface area (Å²) in [6, 6.07) is 8.32. The zero-order valence-corrected chi connectivity index (χ0v) is 16.4. The Morgan fingerprint density at radius 3 is 1.97 bits per heavy atom. The van der Waals surface area contributed by atoms with Gasteiger partial charge in [-0.3, -0.25) is 4.79 Å².